The Bertz CT molecular complexity index is 1460. The van der Waals surface area contributed by atoms with Gasteiger partial charge in [-0.25, -0.2) is 4.79 Å². The Labute approximate surface area is 186 Å². The third-order valence-corrected chi connectivity index (χ3v) is 6.18. The van der Waals surface area contributed by atoms with Gasteiger partial charge in [0.1, 0.15) is 0 Å². The molecule has 5 rings (SSSR count). The molecule has 0 fully saturated rings. The van der Waals surface area contributed by atoms with Gasteiger partial charge in [0.25, 0.3) is 5.56 Å². The van der Waals surface area contributed by atoms with Crippen molar-refractivity contribution in [2.24, 2.45) is 13.0 Å². The predicted molar refractivity (Wildman–Crippen MR) is 127 cm³/mol. The molecule has 1 aliphatic rings. The molecule has 2 aromatic carbocycles. The molecule has 7 heteroatoms. The van der Waals surface area contributed by atoms with Crippen LogP contribution in [-0.4, -0.2) is 25.2 Å². The Kier molecular flexibility index (Phi) is 4.77. The molecule has 1 unspecified atom stereocenters. The van der Waals surface area contributed by atoms with E-state index in [0.29, 0.717) is 29.6 Å². The van der Waals surface area contributed by atoms with Crippen molar-refractivity contribution in [3.8, 4) is 0 Å². The first-order valence-electron chi connectivity index (χ1n) is 10.9. The number of rotatable bonds is 3. The third kappa shape index (κ3) is 3.25. The molecular formula is C25H27N5O2. The van der Waals surface area contributed by atoms with Crippen LogP contribution in [-0.2, 0) is 20.1 Å². The molecule has 1 atom stereocenters. The van der Waals surface area contributed by atoms with Crippen molar-refractivity contribution in [2.75, 3.05) is 11.4 Å². The van der Waals surface area contributed by atoms with Gasteiger partial charge in [-0.15, -0.1) is 0 Å². The van der Waals surface area contributed by atoms with Crippen LogP contribution in [0.3, 0.4) is 0 Å². The van der Waals surface area contributed by atoms with E-state index >= 15 is 0 Å². The average molecular weight is 430 g/mol. The van der Waals surface area contributed by atoms with Crippen molar-refractivity contribution in [3.63, 3.8) is 0 Å². The predicted octanol–water partition coefficient (Wildman–Crippen LogP) is 3.35. The first-order chi connectivity index (χ1) is 15.3. The zero-order valence-corrected chi connectivity index (χ0v) is 18.9. The maximum absolute atomic E-state index is 13.6. The van der Waals surface area contributed by atoms with E-state index in [1.165, 1.54) is 9.13 Å². The number of aryl methyl sites for hydroxylation is 3. The summed E-state index contributed by atoms with van der Waals surface area (Å²) >= 11 is 0. The fourth-order valence-electron chi connectivity index (χ4n) is 4.65. The first-order valence-corrected chi connectivity index (χ1v) is 10.9. The van der Waals surface area contributed by atoms with E-state index < -0.39 is 0 Å². The monoisotopic (exact) mass is 429 g/mol. The molecule has 1 aliphatic heterocycles. The Hall–Kier alpha value is -3.61. The molecule has 0 spiro atoms. The van der Waals surface area contributed by atoms with E-state index in [0.717, 1.165) is 28.9 Å². The van der Waals surface area contributed by atoms with E-state index in [2.05, 4.69) is 36.9 Å². The summed E-state index contributed by atoms with van der Waals surface area (Å²) < 4.78 is 4.81. The van der Waals surface area contributed by atoms with Gasteiger partial charge in [-0.2, -0.15) is 4.98 Å². The summed E-state index contributed by atoms with van der Waals surface area (Å²) in [6.45, 7) is 7.96. The molecule has 3 heterocycles. The molecule has 0 bridgehead atoms. The second kappa shape index (κ2) is 7.51. The van der Waals surface area contributed by atoms with Crippen molar-refractivity contribution in [3.05, 3.63) is 86.1 Å². The van der Waals surface area contributed by atoms with Crippen LogP contribution >= 0.6 is 0 Å². The number of hydrogen-bond acceptors (Lipinski definition) is 4. The third-order valence-electron chi connectivity index (χ3n) is 6.18. The molecule has 0 saturated carbocycles. The molecule has 0 amide bonds. The minimum atomic E-state index is -0.352. The summed E-state index contributed by atoms with van der Waals surface area (Å²) in [6.07, 6.45) is 0. The van der Waals surface area contributed by atoms with E-state index in [-0.39, 0.29) is 17.8 Å². The highest BCUT2D eigenvalue weighted by molar-refractivity contribution is 5.77. The SMILES string of the molecule is Cc1cccc(Cn2c(=O)c3c(nc4n3CC(C)CN4c3cccc(C)c3)n(C)c2=O)c1. The molecular weight excluding hydrogens is 402 g/mol. The highest BCUT2D eigenvalue weighted by Gasteiger charge is 2.29. The highest BCUT2D eigenvalue weighted by atomic mass is 16.2. The number of benzene rings is 2. The first kappa shape index (κ1) is 20.3. The van der Waals surface area contributed by atoms with Crippen LogP contribution < -0.4 is 16.1 Å². The zero-order valence-electron chi connectivity index (χ0n) is 18.9. The molecule has 2 aromatic heterocycles. The maximum atomic E-state index is 13.6. The lowest BCUT2D eigenvalue weighted by Crippen LogP contribution is -2.40. The summed E-state index contributed by atoms with van der Waals surface area (Å²) in [5.74, 6) is 1.03. The van der Waals surface area contributed by atoms with E-state index in [4.69, 9.17) is 4.98 Å². The fraction of sp³-hybridized carbons (Fsp3) is 0.320. The lowest BCUT2D eigenvalue weighted by Gasteiger charge is -2.33. The Balaban J connectivity index is 1.73. The summed E-state index contributed by atoms with van der Waals surface area (Å²) in [6, 6.07) is 16.2. The fourth-order valence-corrected chi connectivity index (χ4v) is 4.65. The average Bonchev–Trinajstić information content (AvgIpc) is 3.14. The minimum Gasteiger partial charge on any atom is -0.312 e. The van der Waals surface area contributed by atoms with Crippen molar-refractivity contribution in [1.82, 2.24) is 18.7 Å². The number of fused-ring (bicyclic) bond motifs is 3. The van der Waals surface area contributed by atoms with Crippen LogP contribution in [0.4, 0.5) is 11.6 Å². The summed E-state index contributed by atoms with van der Waals surface area (Å²) in [5, 5.41) is 0. The lowest BCUT2D eigenvalue weighted by atomic mass is 10.1. The number of nitrogens with zero attached hydrogens (tertiary/aromatic N) is 5. The van der Waals surface area contributed by atoms with Crippen molar-refractivity contribution >= 4 is 22.8 Å². The molecule has 7 nitrogen and oxygen atoms in total. The zero-order chi connectivity index (χ0) is 22.6. The molecule has 0 saturated heterocycles. The standard InChI is InChI=1S/C25H27N5O2/c1-16-7-5-9-19(11-16)15-30-23(31)21-22(27(4)25(30)32)26-24-28(13-18(3)14-29(21)24)20-10-6-8-17(2)12-20/h5-12,18H,13-15H2,1-4H3. The van der Waals surface area contributed by atoms with Crippen LogP contribution in [0.15, 0.2) is 58.1 Å². The van der Waals surface area contributed by atoms with Crippen LogP contribution in [0, 0.1) is 19.8 Å². The molecule has 32 heavy (non-hydrogen) atoms. The second-order valence-corrected chi connectivity index (χ2v) is 8.97. The molecule has 0 N–H and O–H groups in total. The van der Waals surface area contributed by atoms with Gasteiger partial charge in [-0.1, -0.05) is 48.9 Å². The van der Waals surface area contributed by atoms with Gasteiger partial charge < -0.3 is 9.47 Å². The quantitative estimate of drug-likeness (QED) is 0.501. The summed E-state index contributed by atoms with van der Waals surface area (Å²) in [5.41, 5.74) is 4.50. The van der Waals surface area contributed by atoms with Gasteiger partial charge in [0.2, 0.25) is 5.95 Å². The summed E-state index contributed by atoms with van der Waals surface area (Å²) in [7, 11) is 1.69. The number of aromatic nitrogens is 4. The number of hydrogen-bond donors (Lipinski definition) is 0. The van der Waals surface area contributed by atoms with Crippen molar-refractivity contribution < 1.29 is 0 Å². The van der Waals surface area contributed by atoms with Crippen LogP contribution in [0.5, 0.6) is 0 Å². The van der Waals surface area contributed by atoms with E-state index in [1.807, 2.05) is 41.8 Å². The van der Waals surface area contributed by atoms with E-state index in [1.54, 1.807) is 7.05 Å². The van der Waals surface area contributed by atoms with Gasteiger partial charge in [0, 0.05) is 25.8 Å². The Morgan fingerprint density at radius 1 is 1.00 bits per heavy atom. The smallest absolute Gasteiger partial charge is 0.312 e. The van der Waals surface area contributed by atoms with Crippen LogP contribution in [0.2, 0.25) is 0 Å². The second-order valence-electron chi connectivity index (χ2n) is 8.97. The van der Waals surface area contributed by atoms with Crippen molar-refractivity contribution in [1.29, 1.82) is 0 Å². The minimum absolute atomic E-state index is 0.237. The topological polar surface area (TPSA) is 65.1 Å². The molecule has 164 valence electrons. The largest absolute Gasteiger partial charge is 0.332 e. The lowest BCUT2D eigenvalue weighted by molar-refractivity contribution is 0.458. The van der Waals surface area contributed by atoms with Gasteiger partial charge in [0.05, 0.1) is 6.54 Å². The van der Waals surface area contributed by atoms with Crippen LogP contribution in [0.1, 0.15) is 23.6 Å². The van der Waals surface area contributed by atoms with Gasteiger partial charge >= 0.3 is 5.69 Å². The van der Waals surface area contributed by atoms with Crippen LogP contribution in [0.25, 0.3) is 11.2 Å². The Morgan fingerprint density at radius 3 is 2.44 bits per heavy atom. The van der Waals surface area contributed by atoms with Gasteiger partial charge in [-0.3, -0.25) is 13.9 Å². The number of imidazole rings is 1. The van der Waals surface area contributed by atoms with Gasteiger partial charge in [-0.05, 0) is 43.0 Å². The maximum Gasteiger partial charge on any atom is 0.332 e. The van der Waals surface area contributed by atoms with Gasteiger partial charge in [0.15, 0.2) is 11.2 Å². The Morgan fingerprint density at radius 2 is 1.72 bits per heavy atom. The summed E-state index contributed by atoms with van der Waals surface area (Å²) in [4.78, 5) is 33.7. The molecule has 0 aliphatic carbocycles. The molecule has 4 aromatic rings. The highest BCUT2D eigenvalue weighted by Crippen LogP contribution is 2.33. The van der Waals surface area contributed by atoms with E-state index in [9.17, 15) is 9.59 Å². The normalized spacial score (nSPS) is 15.9. The number of anilines is 2. The molecule has 0 radical (unpaired) electrons. The van der Waals surface area contributed by atoms with Crippen molar-refractivity contribution in [2.45, 2.75) is 33.9 Å².